The number of anilines is 1. The fourth-order valence-corrected chi connectivity index (χ4v) is 9.77. The molecular formula is C53H77N3O12. The second kappa shape index (κ2) is 24.4. The molecular weight excluding hydrogens is 871 g/mol. The van der Waals surface area contributed by atoms with Gasteiger partial charge in [0.2, 0.25) is 0 Å². The zero-order valence-electron chi connectivity index (χ0n) is 41.7. The number of phenolic OH excluding ortho intramolecular Hbond substituents is 3. The summed E-state index contributed by atoms with van der Waals surface area (Å²) in [7, 11) is 1.45. The minimum atomic E-state index is -2.05. The first-order valence-electron chi connectivity index (χ1n) is 24.7. The third kappa shape index (κ3) is 12.6. The molecule has 1 saturated heterocycles. The number of esters is 1. The van der Waals surface area contributed by atoms with Crippen LogP contribution in [0.5, 0.6) is 23.0 Å². The minimum absolute atomic E-state index is 0.0696. The lowest BCUT2D eigenvalue weighted by atomic mass is 9.78. The number of hydrogen-bond acceptors (Lipinski definition) is 14. The number of rotatable bonds is 4. The lowest BCUT2D eigenvalue weighted by Crippen LogP contribution is -2.46. The van der Waals surface area contributed by atoms with Crippen LogP contribution in [-0.4, -0.2) is 105 Å². The zero-order chi connectivity index (χ0) is 49.9. The number of allylic oxidation sites excluding steroid dienone is 2. The monoisotopic (exact) mass is 948 g/mol. The average Bonchev–Trinajstić information content (AvgIpc) is 3.57. The van der Waals surface area contributed by atoms with Crippen molar-refractivity contribution in [3.05, 3.63) is 52.8 Å². The van der Waals surface area contributed by atoms with E-state index in [0.717, 1.165) is 38.5 Å². The van der Waals surface area contributed by atoms with E-state index in [1.807, 2.05) is 5.01 Å². The van der Waals surface area contributed by atoms with Crippen molar-refractivity contribution in [1.82, 2.24) is 5.01 Å². The topological polar surface area (TPSA) is 217 Å². The Labute approximate surface area is 402 Å². The van der Waals surface area contributed by atoms with Gasteiger partial charge in [0.1, 0.15) is 23.4 Å². The maximum Gasteiger partial charge on any atom is 0.312 e. The summed E-state index contributed by atoms with van der Waals surface area (Å²) in [4.78, 5) is 41.1. The Hall–Kier alpha value is -5.12. The Morgan fingerprint density at radius 3 is 1.94 bits per heavy atom. The van der Waals surface area contributed by atoms with Gasteiger partial charge in [-0.15, -0.1) is 0 Å². The molecule has 1 amide bonds. The Kier molecular flexibility index (Phi) is 19.3. The number of phenols is 3. The van der Waals surface area contributed by atoms with Gasteiger partial charge < -0.3 is 49.8 Å². The summed E-state index contributed by atoms with van der Waals surface area (Å²) < 4.78 is 23.9. The number of hydrogen-bond donors (Lipinski definition) is 6. The Bertz CT molecular complexity index is 2200. The normalized spacial score (nSPS) is 29.2. The number of carbonyl (C=O) groups is 3. The number of aliphatic hydroxyl groups excluding tert-OH is 2. The molecule has 376 valence electrons. The highest BCUT2D eigenvalue weighted by Gasteiger charge is 2.50. The quantitative estimate of drug-likeness (QED) is 0.0730. The van der Waals surface area contributed by atoms with E-state index < -0.39 is 88.8 Å². The molecule has 0 aromatic heterocycles. The average molecular weight is 948 g/mol. The number of carbonyl (C=O) groups excluding carboxylic acids is 3. The van der Waals surface area contributed by atoms with Gasteiger partial charge in [0.05, 0.1) is 53.0 Å². The van der Waals surface area contributed by atoms with Crippen LogP contribution in [0.1, 0.15) is 153 Å². The first-order valence-corrected chi connectivity index (χ1v) is 24.7. The number of amides is 1. The fraction of sp³-hybridized carbons (Fsp3) is 0.623. The van der Waals surface area contributed by atoms with Gasteiger partial charge in [0, 0.05) is 74.2 Å². The Morgan fingerprint density at radius 1 is 0.809 bits per heavy atom. The van der Waals surface area contributed by atoms with Crippen molar-refractivity contribution in [1.29, 1.82) is 0 Å². The first-order chi connectivity index (χ1) is 32.3. The molecule has 4 aliphatic heterocycles. The molecule has 2 aromatic carbocycles. The van der Waals surface area contributed by atoms with Crippen LogP contribution in [0.25, 0.3) is 10.8 Å². The van der Waals surface area contributed by atoms with Crippen molar-refractivity contribution in [3.8, 4) is 23.0 Å². The van der Waals surface area contributed by atoms with E-state index in [4.69, 9.17) is 24.0 Å². The number of hydrazone groups is 1. The number of aliphatic hydroxyl groups is 2. The molecule has 68 heavy (non-hydrogen) atoms. The molecule has 0 spiro atoms. The van der Waals surface area contributed by atoms with Crippen LogP contribution in [0.2, 0.25) is 0 Å². The molecule has 0 saturated carbocycles. The SMILES string of the molecule is CO[C@@H]1C=CO[C@@]2(C)Oc3c(C)c(O)c4c(O)c(c(C=NN5CCCCCCCCCCCCCCC5)c(O)c4c3C2=O)NC(=O)C(C)=CC=C[C@H](C)[C@H](O)[C@H](C)[C@H](O)[C@H](C)[C@H](OC(C)=O)[C@@H]1C. The second-order valence-corrected chi connectivity index (χ2v) is 19.4. The predicted molar refractivity (Wildman–Crippen MR) is 263 cm³/mol. The molecule has 1 fully saturated rings. The molecule has 2 aromatic rings. The molecule has 9 atom stereocenters. The number of fused-ring (bicyclic) bond motifs is 14. The summed E-state index contributed by atoms with van der Waals surface area (Å²) >= 11 is 0. The van der Waals surface area contributed by atoms with Crippen LogP contribution in [0.15, 0.2) is 41.2 Å². The molecule has 0 aliphatic carbocycles. The summed E-state index contributed by atoms with van der Waals surface area (Å²) in [5.41, 5.74) is -0.238. The van der Waals surface area contributed by atoms with Crippen LogP contribution < -0.4 is 10.1 Å². The lowest BCUT2D eigenvalue weighted by Gasteiger charge is -2.38. The summed E-state index contributed by atoms with van der Waals surface area (Å²) in [6.07, 6.45) is 19.9. The van der Waals surface area contributed by atoms with E-state index in [9.17, 15) is 39.9 Å². The van der Waals surface area contributed by atoms with Crippen molar-refractivity contribution in [2.24, 2.45) is 28.8 Å². The van der Waals surface area contributed by atoms with Crippen molar-refractivity contribution in [2.75, 3.05) is 25.5 Å². The summed E-state index contributed by atoms with van der Waals surface area (Å²) in [6.45, 7) is 14.0. The van der Waals surface area contributed by atoms with Gasteiger partial charge in [0.15, 0.2) is 5.75 Å². The lowest BCUT2D eigenvalue weighted by molar-refractivity contribution is -0.160. The minimum Gasteiger partial charge on any atom is -0.507 e. The van der Waals surface area contributed by atoms with Crippen LogP contribution >= 0.6 is 0 Å². The number of nitrogens with zero attached hydrogens (tertiary/aromatic N) is 2. The standard InChI is InChI=1S/C53H77N3O12/c1-31-24-23-25-32(2)52(64)55-43-38(30-54-56-27-21-19-17-15-13-11-10-12-14-16-18-20-22-28-56)47(61)40-41(48(43)62)46(60)36(6)50-42(40)51(63)53(8,68-50)66-29-26-39(65-9)33(3)49(67-37(7)57)35(5)45(59)34(4)44(31)58/h23-26,29-31,33-35,39,44-45,49,58-62H,10-22,27-28H2,1-9H3,(H,55,64)/t31-,33+,34-,35-,39+,44-,45-,49+,53-/m0/s1. The number of aromatic hydroxyl groups is 3. The van der Waals surface area contributed by atoms with E-state index in [0.29, 0.717) is 13.1 Å². The zero-order valence-corrected chi connectivity index (χ0v) is 41.7. The molecule has 6 rings (SSSR count). The van der Waals surface area contributed by atoms with Crippen LogP contribution in [-0.2, 0) is 23.8 Å². The van der Waals surface area contributed by atoms with Gasteiger partial charge in [-0.1, -0.05) is 117 Å². The van der Waals surface area contributed by atoms with Gasteiger partial charge in [-0.3, -0.25) is 19.4 Å². The largest absolute Gasteiger partial charge is 0.507 e. The highest BCUT2D eigenvalue weighted by atomic mass is 16.7. The van der Waals surface area contributed by atoms with Crippen LogP contribution in [0.3, 0.4) is 0 Å². The van der Waals surface area contributed by atoms with Gasteiger partial charge in [-0.25, -0.2) is 0 Å². The summed E-state index contributed by atoms with van der Waals surface area (Å²) in [6, 6.07) is 0. The molecule has 4 heterocycles. The van der Waals surface area contributed by atoms with Crippen molar-refractivity contribution in [2.45, 2.75) is 169 Å². The highest BCUT2D eigenvalue weighted by molar-refractivity contribution is 6.23. The Morgan fingerprint density at radius 2 is 1.38 bits per heavy atom. The highest BCUT2D eigenvalue weighted by Crippen LogP contribution is 2.55. The summed E-state index contributed by atoms with van der Waals surface area (Å²) in [5, 5.41) is 68.4. The number of ketones is 1. The van der Waals surface area contributed by atoms with Gasteiger partial charge in [0.25, 0.3) is 11.7 Å². The smallest absolute Gasteiger partial charge is 0.312 e. The predicted octanol–water partition coefficient (Wildman–Crippen LogP) is 9.47. The van der Waals surface area contributed by atoms with E-state index in [1.54, 1.807) is 46.8 Å². The number of ether oxygens (including phenoxy) is 4. The molecule has 0 unspecified atom stereocenters. The van der Waals surface area contributed by atoms with E-state index in [1.165, 1.54) is 97.5 Å². The molecule has 4 aliphatic rings. The van der Waals surface area contributed by atoms with E-state index >= 15 is 0 Å². The molecule has 6 N–H and O–H groups in total. The molecule has 15 nitrogen and oxygen atoms in total. The van der Waals surface area contributed by atoms with E-state index in [2.05, 4.69) is 5.32 Å². The third-order valence-corrected chi connectivity index (χ3v) is 14.2. The Balaban J connectivity index is 1.66. The molecule has 5 bridgehead atoms. The van der Waals surface area contributed by atoms with Crippen molar-refractivity contribution >= 4 is 40.3 Å². The number of nitrogens with one attached hydrogen (secondary N) is 1. The van der Waals surface area contributed by atoms with Gasteiger partial charge in [-0.2, -0.15) is 5.10 Å². The number of Topliss-reactive ketones (excluding diaryl/α,β-unsaturated/α-hetero) is 1. The molecule has 0 radical (unpaired) electrons. The second-order valence-electron chi connectivity index (χ2n) is 19.4. The first kappa shape index (κ1) is 53.8. The van der Waals surface area contributed by atoms with Crippen LogP contribution in [0, 0.1) is 30.6 Å². The van der Waals surface area contributed by atoms with Crippen LogP contribution in [0.4, 0.5) is 5.69 Å². The third-order valence-electron chi connectivity index (χ3n) is 14.2. The maximum atomic E-state index is 14.7. The maximum absolute atomic E-state index is 14.7. The fourth-order valence-electron chi connectivity index (χ4n) is 9.77. The van der Waals surface area contributed by atoms with Crippen molar-refractivity contribution < 1.29 is 58.9 Å². The molecule has 15 heteroatoms. The summed E-state index contributed by atoms with van der Waals surface area (Å²) in [5.74, 6) is -8.23. The van der Waals surface area contributed by atoms with Crippen molar-refractivity contribution in [3.63, 3.8) is 0 Å². The van der Waals surface area contributed by atoms with E-state index in [-0.39, 0.29) is 44.5 Å². The van der Waals surface area contributed by atoms with Gasteiger partial charge >= 0.3 is 11.8 Å². The number of methoxy groups -OCH3 is 1. The number of benzene rings is 2. The van der Waals surface area contributed by atoms with Gasteiger partial charge in [-0.05, 0) is 32.8 Å².